The second kappa shape index (κ2) is 6.58. The zero-order chi connectivity index (χ0) is 18.2. The van der Waals surface area contributed by atoms with Crippen LogP contribution < -0.4 is 5.73 Å². The first-order valence-electron chi connectivity index (χ1n) is 8.96. The Labute approximate surface area is 149 Å². The number of imidazole rings is 1. The molecule has 1 aromatic carbocycles. The Morgan fingerprint density at radius 2 is 2.08 bits per heavy atom. The lowest BCUT2D eigenvalue weighted by atomic mass is 10.1. The fraction of sp³-hybridized carbons (Fsp3) is 0.579. The van der Waals surface area contributed by atoms with Crippen molar-refractivity contribution < 1.29 is 9.53 Å². The van der Waals surface area contributed by atoms with Crippen LogP contribution in [0.25, 0.3) is 11.0 Å². The molecule has 2 N–H and O–H groups in total. The zero-order valence-electron chi connectivity index (χ0n) is 15.6. The molecular weight excluding hydrogens is 316 g/mol. The lowest BCUT2D eigenvalue weighted by Gasteiger charge is -2.29. The fourth-order valence-corrected chi connectivity index (χ4v) is 3.43. The largest absolute Gasteiger partial charge is 0.444 e. The molecule has 1 fully saturated rings. The molecule has 1 aliphatic rings. The molecule has 0 spiro atoms. The molecule has 6 nitrogen and oxygen atoms in total. The van der Waals surface area contributed by atoms with Crippen LogP contribution in [0.15, 0.2) is 18.2 Å². The van der Waals surface area contributed by atoms with Gasteiger partial charge in [0.1, 0.15) is 5.60 Å². The molecule has 1 saturated heterocycles. The molecule has 0 saturated carbocycles. The minimum absolute atomic E-state index is 0.114. The molecule has 0 unspecified atom stereocenters. The van der Waals surface area contributed by atoms with Gasteiger partial charge >= 0.3 is 6.09 Å². The summed E-state index contributed by atoms with van der Waals surface area (Å²) in [4.78, 5) is 18.8. The number of fused-ring (bicyclic) bond motifs is 1. The Balaban J connectivity index is 1.89. The smallest absolute Gasteiger partial charge is 0.410 e. The van der Waals surface area contributed by atoms with E-state index in [4.69, 9.17) is 10.5 Å². The topological polar surface area (TPSA) is 73.4 Å². The summed E-state index contributed by atoms with van der Waals surface area (Å²) in [5.74, 6) is 0.511. The van der Waals surface area contributed by atoms with Gasteiger partial charge in [0.25, 0.3) is 0 Å². The predicted molar refractivity (Wildman–Crippen MR) is 99.6 cm³/mol. The maximum Gasteiger partial charge on any atom is 0.410 e. The molecule has 1 aromatic heterocycles. The van der Waals surface area contributed by atoms with Gasteiger partial charge in [-0.3, -0.25) is 0 Å². The number of hydrogen-bond acceptors (Lipinski definition) is 4. The molecule has 2 aromatic rings. The van der Waals surface area contributed by atoms with E-state index in [1.807, 2.05) is 38.7 Å². The van der Waals surface area contributed by atoms with Gasteiger partial charge < -0.3 is 19.9 Å². The number of benzene rings is 1. The van der Waals surface area contributed by atoms with E-state index in [2.05, 4.69) is 21.7 Å². The van der Waals surface area contributed by atoms with E-state index < -0.39 is 5.60 Å². The molecule has 25 heavy (non-hydrogen) atoms. The first-order chi connectivity index (χ1) is 11.7. The fourth-order valence-electron chi connectivity index (χ4n) is 3.43. The molecular formula is C19H28N4O2. The van der Waals surface area contributed by atoms with E-state index in [1.54, 1.807) is 0 Å². The Bertz CT molecular complexity index is 776. The van der Waals surface area contributed by atoms with Crippen molar-refractivity contribution in [1.82, 2.24) is 14.5 Å². The Morgan fingerprint density at radius 3 is 2.80 bits per heavy atom. The summed E-state index contributed by atoms with van der Waals surface area (Å²) in [6.07, 6.45) is 2.75. The summed E-state index contributed by atoms with van der Waals surface area (Å²) in [5, 5.41) is 0. The van der Waals surface area contributed by atoms with Crippen LogP contribution in [0.5, 0.6) is 0 Å². The molecule has 6 heteroatoms. The average Bonchev–Trinajstić information content (AvgIpc) is 2.68. The Hall–Kier alpha value is -2.24. The van der Waals surface area contributed by atoms with Gasteiger partial charge in [0.2, 0.25) is 5.95 Å². The SMILES string of the molecule is Cc1ccc2c(c1)nc(N)n2[C@@H]1CCCCN(C(=O)OC(C)(C)C)C1. The zero-order valence-corrected chi connectivity index (χ0v) is 15.6. The number of carbonyl (C=O) groups excluding carboxylic acids is 1. The van der Waals surface area contributed by atoms with Crippen LogP contribution in [-0.4, -0.2) is 39.2 Å². The number of amides is 1. The van der Waals surface area contributed by atoms with Gasteiger partial charge in [-0.2, -0.15) is 0 Å². The van der Waals surface area contributed by atoms with E-state index in [0.717, 1.165) is 42.4 Å². The highest BCUT2D eigenvalue weighted by atomic mass is 16.6. The van der Waals surface area contributed by atoms with Crippen molar-refractivity contribution in [2.75, 3.05) is 18.8 Å². The van der Waals surface area contributed by atoms with Gasteiger partial charge in [-0.15, -0.1) is 0 Å². The Morgan fingerprint density at radius 1 is 1.32 bits per heavy atom. The van der Waals surface area contributed by atoms with Crippen LogP contribution in [0, 0.1) is 6.92 Å². The second-order valence-corrected chi connectivity index (χ2v) is 7.91. The van der Waals surface area contributed by atoms with E-state index >= 15 is 0 Å². The summed E-state index contributed by atoms with van der Waals surface area (Å²) >= 11 is 0. The molecule has 2 heterocycles. The van der Waals surface area contributed by atoms with Crippen molar-refractivity contribution in [3.05, 3.63) is 23.8 Å². The van der Waals surface area contributed by atoms with Crippen LogP contribution in [0.2, 0.25) is 0 Å². The van der Waals surface area contributed by atoms with Gasteiger partial charge in [0.05, 0.1) is 17.1 Å². The maximum absolute atomic E-state index is 12.5. The molecule has 1 amide bonds. The second-order valence-electron chi connectivity index (χ2n) is 7.91. The Kier molecular flexibility index (Phi) is 4.62. The molecule has 136 valence electrons. The summed E-state index contributed by atoms with van der Waals surface area (Å²) in [6.45, 7) is 9.04. The van der Waals surface area contributed by atoms with Gasteiger partial charge in [-0.1, -0.05) is 6.07 Å². The molecule has 0 aliphatic carbocycles. The van der Waals surface area contributed by atoms with Gasteiger partial charge in [-0.05, 0) is 64.7 Å². The minimum Gasteiger partial charge on any atom is -0.444 e. The van der Waals surface area contributed by atoms with Crippen LogP contribution in [0.3, 0.4) is 0 Å². The van der Waals surface area contributed by atoms with Crippen molar-refractivity contribution >= 4 is 23.1 Å². The summed E-state index contributed by atoms with van der Waals surface area (Å²) in [6, 6.07) is 6.30. The third-order valence-electron chi connectivity index (χ3n) is 4.54. The van der Waals surface area contributed by atoms with Gasteiger partial charge in [-0.25, -0.2) is 9.78 Å². The normalized spacial score (nSPS) is 19.0. The van der Waals surface area contributed by atoms with Crippen molar-refractivity contribution in [3.8, 4) is 0 Å². The molecule has 1 atom stereocenters. The molecule has 1 aliphatic heterocycles. The molecule has 0 radical (unpaired) electrons. The van der Waals surface area contributed by atoms with Crippen molar-refractivity contribution in [3.63, 3.8) is 0 Å². The third kappa shape index (κ3) is 3.89. The summed E-state index contributed by atoms with van der Waals surface area (Å²) in [5.41, 5.74) is 8.83. The number of carbonyl (C=O) groups is 1. The quantitative estimate of drug-likeness (QED) is 0.852. The van der Waals surface area contributed by atoms with Crippen molar-refractivity contribution in [2.24, 2.45) is 0 Å². The highest BCUT2D eigenvalue weighted by Gasteiger charge is 2.28. The number of ether oxygens (including phenoxy) is 1. The number of nitrogen functional groups attached to an aromatic ring is 1. The lowest BCUT2D eigenvalue weighted by molar-refractivity contribution is 0.0238. The van der Waals surface area contributed by atoms with E-state index in [-0.39, 0.29) is 12.1 Å². The average molecular weight is 344 g/mol. The number of aryl methyl sites for hydroxylation is 1. The summed E-state index contributed by atoms with van der Waals surface area (Å²) < 4.78 is 7.64. The van der Waals surface area contributed by atoms with Crippen LogP contribution in [0.1, 0.15) is 51.6 Å². The van der Waals surface area contributed by atoms with Gasteiger partial charge in [0.15, 0.2) is 0 Å². The third-order valence-corrected chi connectivity index (χ3v) is 4.54. The highest BCUT2D eigenvalue weighted by molar-refractivity contribution is 5.79. The van der Waals surface area contributed by atoms with Crippen LogP contribution in [0.4, 0.5) is 10.7 Å². The first-order valence-corrected chi connectivity index (χ1v) is 8.96. The monoisotopic (exact) mass is 344 g/mol. The van der Waals surface area contributed by atoms with E-state index in [0.29, 0.717) is 12.5 Å². The van der Waals surface area contributed by atoms with Crippen LogP contribution in [-0.2, 0) is 4.74 Å². The number of hydrogen-bond donors (Lipinski definition) is 1. The highest BCUT2D eigenvalue weighted by Crippen LogP contribution is 2.29. The lowest BCUT2D eigenvalue weighted by Crippen LogP contribution is -2.39. The molecule has 3 rings (SSSR count). The number of anilines is 1. The number of rotatable bonds is 1. The summed E-state index contributed by atoms with van der Waals surface area (Å²) in [7, 11) is 0. The van der Waals surface area contributed by atoms with Crippen LogP contribution >= 0.6 is 0 Å². The van der Waals surface area contributed by atoms with Gasteiger partial charge in [0, 0.05) is 13.1 Å². The van der Waals surface area contributed by atoms with Crippen molar-refractivity contribution in [2.45, 2.75) is 58.6 Å². The maximum atomic E-state index is 12.5. The van der Waals surface area contributed by atoms with Crippen molar-refractivity contribution in [1.29, 1.82) is 0 Å². The minimum atomic E-state index is -0.489. The number of nitrogens with zero attached hydrogens (tertiary/aromatic N) is 3. The van der Waals surface area contributed by atoms with E-state index in [1.165, 1.54) is 0 Å². The number of aromatic nitrogens is 2. The standard InChI is InChI=1S/C19H28N4O2/c1-13-8-9-16-15(11-13)21-17(20)23(16)14-7-5-6-10-22(12-14)18(24)25-19(2,3)4/h8-9,11,14H,5-7,10,12H2,1-4H3,(H2,20,21)/t14-/m1/s1. The number of nitrogens with two attached hydrogens (primary N) is 1. The van der Waals surface area contributed by atoms with E-state index in [9.17, 15) is 4.79 Å². The first kappa shape index (κ1) is 17.6. The number of likely N-dealkylation sites (tertiary alicyclic amines) is 1. The predicted octanol–water partition coefficient (Wildman–Crippen LogP) is 3.89. The molecule has 0 bridgehead atoms.